The molecule has 0 fully saturated rings. The molecule has 13 heteroatoms. The molecule has 0 aliphatic carbocycles. The van der Waals surface area contributed by atoms with Gasteiger partial charge in [-0.3, -0.25) is 4.79 Å². The van der Waals surface area contributed by atoms with Gasteiger partial charge in [-0.1, -0.05) is 23.4 Å². The summed E-state index contributed by atoms with van der Waals surface area (Å²) in [5.41, 5.74) is 6.58. The molecule has 1 amide bonds. The molecule has 1 aromatic carbocycles. The zero-order valence-corrected chi connectivity index (χ0v) is 15.9. The van der Waals surface area contributed by atoms with E-state index in [2.05, 4.69) is 20.3 Å². The van der Waals surface area contributed by atoms with Crippen LogP contribution in [0.3, 0.4) is 0 Å². The van der Waals surface area contributed by atoms with Gasteiger partial charge in [0.05, 0.1) is 5.94 Å². The molecule has 2 heterocycles. The fraction of sp³-hybridized carbons (Fsp3) is 0.312. The van der Waals surface area contributed by atoms with E-state index in [-0.39, 0.29) is 17.2 Å². The Bertz CT molecular complexity index is 937. The molecule has 1 unspecified atom stereocenters. The van der Waals surface area contributed by atoms with Gasteiger partial charge in [-0.15, -0.1) is 11.3 Å². The third-order valence-electron chi connectivity index (χ3n) is 4.00. The molecular weight excluding hydrogens is 412 g/mol. The predicted octanol–water partition coefficient (Wildman–Crippen LogP) is 1.46. The number of fused-ring (bicyclic) bond motifs is 1. The first-order valence-corrected chi connectivity index (χ1v) is 9.24. The van der Waals surface area contributed by atoms with Crippen LogP contribution in [0.2, 0.25) is 0 Å². The molecule has 0 radical (unpaired) electrons. The molecule has 3 rings (SSSR count). The Morgan fingerprint density at radius 1 is 1.55 bits per heavy atom. The van der Waals surface area contributed by atoms with Gasteiger partial charge in [-0.05, 0) is 24.5 Å². The number of aryl methyl sites for hydroxylation is 1. The van der Waals surface area contributed by atoms with Crippen LogP contribution in [-0.2, 0) is 16.1 Å². The van der Waals surface area contributed by atoms with Crippen LogP contribution >= 0.6 is 11.3 Å². The Hall–Kier alpha value is -2.80. The van der Waals surface area contributed by atoms with Crippen molar-refractivity contribution in [2.75, 3.05) is 12.3 Å². The Morgan fingerprint density at radius 2 is 2.31 bits per heavy atom. The van der Waals surface area contributed by atoms with Crippen molar-refractivity contribution in [3.63, 3.8) is 0 Å². The second-order valence-electron chi connectivity index (χ2n) is 6.26. The number of nitrogens with two attached hydrogens (primary N) is 1. The molecule has 0 bridgehead atoms. The van der Waals surface area contributed by atoms with Crippen molar-refractivity contribution in [1.82, 2.24) is 10.3 Å². The minimum Gasteiger partial charge on any atom is -0.534 e. The minimum atomic E-state index is -4.62. The molecule has 2 aromatic rings. The van der Waals surface area contributed by atoms with Crippen LogP contribution in [0, 0.1) is 6.92 Å². The van der Waals surface area contributed by atoms with E-state index in [0.717, 1.165) is 22.5 Å². The van der Waals surface area contributed by atoms with E-state index < -0.39 is 37.5 Å². The van der Waals surface area contributed by atoms with Crippen molar-refractivity contribution in [3.8, 4) is 5.75 Å². The number of oxime groups is 1. The SMILES string of the molecule is Cc1cccc2c1OB(O)C(NC(=O)/C(=N\OCC(F)(F)F)c1csc(N)n1)C2. The number of para-hydroxylation sites is 1. The average molecular weight is 428 g/mol. The van der Waals surface area contributed by atoms with Crippen LogP contribution in [-0.4, -0.2) is 47.5 Å². The van der Waals surface area contributed by atoms with Crippen molar-refractivity contribution in [2.24, 2.45) is 5.16 Å². The van der Waals surface area contributed by atoms with Crippen molar-refractivity contribution >= 4 is 35.2 Å². The lowest BCUT2D eigenvalue weighted by atomic mass is 9.72. The molecule has 0 saturated carbocycles. The second-order valence-corrected chi connectivity index (χ2v) is 7.14. The van der Waals surface area contributed by atoms with E-state index in [1.54, 1.807) is 6.07 Å². The summed E-state index contributed by atoms with van der Waals surface area (Å²) in [5, 5.41) is 17.5. The number of thiazole rings is 1. The third kappa shape index (κ3) is 5.18. The summed E-state index contributed by atoms with van der Waals surface area (Å²) >= 11 is 0.982. The quantitative estimate of drug-likeness (QED) is 0.377. The molecular formula is C16H16BF3N4O4S. The highest BCUT2D eigenvalue weighted by molar-refractivity contribution is 7.13. The smallest absolute Gasteiger partial charge is 0.534 e. The molecule has 154 valence electrons. The van der Waals surface area contributed by atoms with Gasteiger partial charge in [0, 0.05) is 5.38 Å². The van der Waals surface area contributed by atoms with E-state index in [4.69, 9.17) is 10.4 Å². The lowest BCUT2D eigenvalue weighted by Gasteiger charge is -2.29. The summed E-state index contributed by atoms with van der Waals surface area (Å²) in [6, 6.07) is 5.42. The van der Waals surface area contributed by atoms with Gasteiger partial charge in [-0.25, -0.2) is 4.98 Å². The average Bonchev–Trinajstić information content (AvgIpc) is 3.05. The molecule has 8 nitrogen and oxygen atoms in total. The highest BCUT2D eigenvalue weighted by Gasteiger charge is 2.38. The van der Waals surface area contributed by atoms with E-state index in [9.17, 15) is 23.0 Å². The van der Waals surface area contributed by atoms with Gasteiger partial charge < -0.3 is 25.6 Å². The minimum absolute atomic E-state index is 0.0466. The number of hydrogen-bond acceptors (Lipinski definition) is 8. The van der Waals surface area contributed by atoms with Crippen LogP contribution in [0.4, 0.5) is 18.3 Å². The summed E-state index contributed by atoms with van der Waals surface area (Å²) in [4.78, 5) is 20.8. The molecule has 1 aliphatic rings. The Morgan fingerprint density at radius 3 is 2.97 bits per heavy atom. The van der Waals surface area contributed by atoms with Crippen molar-refractivity contribution in [1.29, 1.82) is 0 Å². The monoisotopic (exact) mass is 428 g/mol. The summed E-state index contributed by atoms with van der Waals surface area (Å²) in [6.45, 7) is 0.144. The van der Waals surface area contributed by atoms with Gasteiger partial charge in [-0.2, -0.15) is 13.2 Å². The molecule has 1 aliphatic heterocycles. The topological polar surface area (TPSA) is 119 Å². The summed E-state index contributed by atoms with van der Waals surface area (Å²) < 4.78 is 42.5. The van der Waals surface area contributed by atoms with Gasteiger partial charge in [0.2, 0.25) is 6.61 Å². The lowest BCUT2D eigenvalue weighted by molar-refractivity contribution is -0.174. The molecule has 1 aromatic heterocycles. The number of amides is 1. The van der Waals surface area contributed by atoms with Gasteiger partial charge in [0.1, 0.15) is 11.4 Å². The maximum Gasteiger partial charge on any atom is 0.547 e. The molecule has 4 N–H and O–H groups in total. The molecule has 1 atom stereocenters. The fourth-order valence-electron chi connectivity index (χ4n) is 2.71. The number of halogens is 3. The van der Waals surface area contributed by atoms with E-state index in [1.165, 1.54) is 5.38 Å². The van der Waals surface area contributed by atoms with E-state index >= 15 is 0 Å². The van der Waals surface area contributed by atoms with Gasteiger partial charge in [0.15, 0.2) is 10.8 Å². The first kappa shape index (κ1) is 20.9. The summed E-state index contributed by atoms with van der Waals surface area (Å²) in [5.74, 6) is -1.22. The van der Waals surface area contributed by atoms with Crippen LogP contribution in [0.15, 0.2) is 28.7 Å². The molecule has 0 spiro atoms. The number of carbonyl (C=O) groups is 1. The predicted molar refractivity (Wildman–Crippen MR) is 100 cm³/mol. The maximum atomic E-state index is 12.7. The number of nitrogen functional groups attached to an aromatic ring is 1. The van der Waals surface area contributed by atoms with Crippen molar-refractivity contribution in [2.45, 2.75) is 25.5 Å². The van der Waals surface area contributed by atoms with Crippen LogP contribution in [0.5, 0.6) is 5.75 Å². The first-order valence-electron chi connectivity index (χ1n) is 8.36. The second kappa shape index (κ2) is 8.29. The fourth-order valence-corrected chi connectivity index (χ4v) is 3.26. The highest BCUT2D eigenvalue weighted by atomic mass is 32.1. The van der Waals surface area contributed by atoms with Crippen LogP contribution in [0.25, 0.3) is 0 Å². The van der Waals surface area contributed by atoms with E-state index in [0.29, 0.717) is 5.75 Å². The Balaban J connectivity index is 1.78. The lowest BCUT2D eigenvalue weighted by Crippen LogP contribution is -2.54. The maximum absolute atomic E-state index is 12.7. The number of rotatable bonds is 5. The summed E-state index contributed by atoms with van der Waals surface area (Å²) in [7, 11) is -1.36. The molecule has 29 heavy (non-hydrogen) atoms. The summed E-state index contributed by atoms with van der Waals surface area (Å²) in [6.07, 6.45) is -4.37. The number of nitrogens with zero attached hydrogens (tertiary/aromatic N) is 2. The highest BCUT2D eigenvalue weighted by Crippen LogP contribution is 2.29. The standard InChI is InChI=1S/C16H16BF3N4O4S/c1-8-3-2-4-9-5-11(17(26)28-13(8)9)23-14(25)12(10-6-29-15(21)22-10)24-27-7-16(18,19)20/h2-4,6,11,26H,5,7H2,1H3,(H2,21,22)(H,23,25)/b24-12-. The van der Waals surface area contributed by atoms with Gasteiger partial charge >= 0.3 is 13.3 Å². The van der Waals surface area contributed by atoms with Crippen LogP contribution < -0.4 is 15.7 Å². The van der Waals surface area contributed by atoms with Crippen LogP contribution in [0.1, 0.15) is 16.8 Å². The Labute approximate surface area is 167 Å². The number of alkyl halides is 3. The molecule has 0 saturated heterocycles. The van der Waals surface area contributed by atoms with Crippen molar-refractivity contribution < 1.29 is 32.5 Å². The first-order chi connectivity index (χ1) is 13.6. The zero-order chi connectivity index (χ0) is 21.2. The number of benzene rings is 1. The normalized spacial score (nSPS) is 16.8. The van der Waals surface area contributed by atoms with E-state index in [1.807, 2.05) is 19.1 Å². The number of hydrogen-bond donors (Lipinski definition) is 3. The number of aromatic nitrogens is 1. The van der Waals surface area contributed by atoms with Gasteiger partial charge in [0.25, 0.3) is 5.91 Å². The number of anilines is 1. The Kier molecular flexibility index (Phi) is 5.98. The number of nitrogens with one attached hydrogen (secondary N) is 1. The number of carbonyl (C=O) groups excluding carboxylic acids is 1. The third-order valence-corrected chi connectivity index (χ3v) is 4.67. The van der Waals surface area contributed by atoms with Crippen molar-refractivity contribution in [3.05, 3.63) is 40.4 Å². The largest absolute Gasteiger partial charge is 0.547 e. The zero-order valence-electron chi connectivity index (χ0n) is 15.1.